The predicted molar refractivity (Wildman–Crippen MR) is 92.2 cm³/mol. The van der Waals surface area contributed by atoms with Crippen LogP contribution in [-0.2, 0) is 0 Å². The fourth-order valence-electron chi connectivity index (χ4n) is 2.01. The summed E-state index contributed by atoms with van der Waals surface area (Å²) in [5, 5.41) is 27.0. The Kier molecular flexibility index (Phi) is 5.51. The first-order valence-electron chi connectivity index (χ1n) is 7.13. The van der Waals surface area contributed by atoms with Gasteiger partial charge in [0.05, 0.1) is 18.2 Å². The average molecular weight is 344 g/mol. The number of aromatic hydroxyl groups is 1. The zero-order valence-electron chi connectivity index (χ0n) is 13.5. The zero-order chi connectivity index (χ0) is 18.4. The zero-order valence-corrected chi connectivity index (χ0v) is 13.5. The second kappa shape index (κ2) is 7.77. The highest BCUT2D eigenvalue weighted by Gasteiger charge is 2.19. The topological polar surface area (TPSA) is 126 Å². The van der Waals surface area contributed by atoms with E-state index in [9.17, 15) is 20.0 Å². The second-order valence-electron chi connectivity index (χ2n) is 4.99. The molecule has 2 amide bonds. The summed E-state index contributed by atoms with van der Waals surface area (Å²) < 4.78 is 4.88. The van der Waals surface area contributed by atoms with Crippen molar-refractivity contribution in [3.05, 3.63) is 57.6 Å². The molecule has 0 saturated heterocycles. The standard InChI is InChI=1S/C16H16N4O5/c1-10-5-3-4-6-12(10)18-16(22)19-17-9-11-7-13(20(23)24)15(21)14(8-11)25-2/h3-9,21H,1-2H3,(H2,18,19,22)/b17-9+. The SMILES string of the molecule is COc1cc(/C=N/NC(=O)Nc2ccccc2C)cc([N+](=O)[O-])c1O. The Morgan fingerprint density at radius 2 is 2.08 bits per heavy atom. The van der Waals surface area contributed by atoms with Crippen LogP contribution in [0.2, 0.25) is 0 Å². The lowest BCUT2D eigenvalue weighted by Gasteiger charge is -2.07. The molecule has 0 aromatic heterocycles. The number of rotatable bonds is 5. The van der Waals surface area contributed by atoms with E-state index in [4.69, 9.17) is 4.74 Å². The van der Waals surface area contributed by atoms with Crippen LogP contribution in [0.3, 0.4) is 0 Å². The molecule has 0 aliphatic carbocycles. The molecule has 2 aromatic rings. The van der Waals surface area contributed by atoms with Crippen LogP contribution >= 0.6 is 0 Å². The molecule has 2 aromatic carbocycles. The summed E-state index contributed by atoms with van der Waals surface area (Å²) in [6, 6.07) is 9.13. The quantitative estimate of drug-likeness (QED) is 0.437. The molecule has 2 rings (SSSR count). The highest BCUT2D eigenvalue weighted by molar-refractivity contribution is 5.91. The van der Waals surface area contributed by atoms with Gasteiger partial charge in [-0.2, -0.15) is 5.10 Å². The molecule has 130 valence electrons. The molecule has 0 saturated carbocycles. The Hall–Kier alpha value is -3.62. The van der Waals surface area contributed by atoms with Crippen molar-refractivity contribution in [2.45, 2.75) is 6.92 Å². The maximum absolute atomic E-state index is 11.8. The van der Waals surface area contributed by atoms with Crippen LogP contribution < -0.4 is 15.5 Å². The number of nitro groups is 1. The first-order valence-corrected chi connectivity index (χ1v) is 7.13. The van der Waals surface area contributed by atoms with E-state index < -0.39 is 22.4 Å². The number of nitrogens with zero attached hydrogens (tertiary/aromatic N) is 2. The molecule has 0 radical (unpaired) electrons. The number of amides is 2. The third-order valence-corrected chi connectivity index (χ3v) is 3.27. The summed E-state index contributed by atoms with van der Waals surface area (Å²) in [4.78, 5) is 22.0. The van der Waals surface area contributed by atoms with E-state index in [-0.39, 0.29) is 11.3 Å². The summed E-state index contributed by atoms with van der Waals surface area (Å²) in [6.07, 6.45) is 1.20. The van der Waals surface area contributed by atoms with Gasteiger partial charge in [-0.1, -0.05) is 18.2 Å². The normalized spacial score (nSPS) is 10.5. The number of hydrogen-bond acceptors (Lipinski definition) is 6. The minimum Gasteiger partial charge on any atom is -0.500 e. The number of anilines is 1. The minimum atomic E-state index is -0.743. The molecule has 0 atom stereocenters. The minimum absolute atomic E-state index is 0.0694. The largest absolute Gasteiger partial charge is 0.500 e. The van der Waals surface area contributed by atoms with Gasteiger partial charge in [-0.25, -0.2) is 10.2 Å². The van der Waals surface area contributed by atoms with Gasteiger partial charge in [0.2, 0.25) is 5.75 Å². The number of hydrogen-bond donors (Lipinski definition) is 3. The van der Waals surface area contributed by atoms with E-state index in [0.717, 1.165) is 11.6 Å². The van der Waals surface area contributed by atoms with E-state index in [0.29, 0.717) is 5.69 Å². The molecule has 0 fully saturated rings. The third-order valence-electron chi connectivity index (χ3n) is 3.27. The van der Waals surface area contributed by atoms with Gasteiger partial charge in [0, 0.05) is 17.3 Å². The molecular formula is C16H16N4O5. The summed E-state index contributed by atoms with van der Waals surface area (Å²) in [5.74, 6) is -0.644. The number of benzene rings is 2. The number of aryl methyl sites for hydroxylation is 1. The fraction of sp³-hybridized carbons (Fsp3) is 0.125. The predicted octanol–water partition coefficient (Wildman–Crippen LogP) is 2.77. The van der Waals surface area contributed by atoms with Crippen molar-refractivity contribution in [3.8, 4) is 11.5 Å². The van der Waals surface area contributed by atoms with Crippen molar-refractivity contribution in [3.63, 3.8) is 0 Å². The average Bonchev–Trinajstić information content (AvgIpc) is 2.58. The maximum Gasteiger partial charge on any atom is 0.339 e. The van der Waals surface area contributed by atoms with E-state index >= 15 is 0 Å². The lowest BCUT2D eigenvalue weighted by atomic mass is 10.2. The van der Waals surface area contributed by atoms with Crippen LogP contribution in [0.15, 0.2) is 41.5 Å². The van der Waals surface area contributed by atoms with Gasteiger partial charge in [-0.3, -0.25) is 10.1 Å². The molecule has 0 heterocycles. The summed E-state index contributed by atoms with van der Waals surface area (Å²) in [7, 11) is 1.27. The Bertz CT molecular complexity index is 835. The lowest BCUT2D eigenvalue weighted by Crippen LogP contribution is -2.24. The van der Waals surface area contributed by atoms with Gasteiger partial charge in [0.25, 0.3) is 0 Å². The highest BCUT2D eigenvalue weighted by atomic mass is 16.6. The number of para-hydroxylation sites is 1. The molecule has 9 nitrogen and oxygen atoms in total. The van der Waals surface area contributed by atoms with Gasteiger partial charge in [-0.05, 0) is 24.6 Å². The van der Waals surface area contributed by atoms with E-state index in [2.05, 4.69) is 15.8 Å². The van der Waals surface area contributed by atoms with Crippen LogP contribution in [0.5, 0.6) is 11.5 Å². The smallest absolute Gasteiger partial charge is 0.339 e. The van der Waals surface area contributed by atoms with Gasteiger partial charge in [-0.15, -0.1) is 0 Å². The molecule has 25 heavy (non-hydrogen) atoms. The Morgan fingerprint density at radius 1 is 1.36 bits per heavy atom. The molecule has 0 spiro atoms. The van der Waals surface area contributed by atoms with Crippen molar-refractivity contribution in [2.24, 2.45) is 5.10 Å². The van der Waals surface area contributed by atoms with Crippen molar-refractivity contribution < 1.29 is 19.6 Å². The highest BCUT2D eigenvalue weighted by Crippen LogP contribution is 2.36. The van der Waals surface area contributed by atoms with Crippen LogP contribution in [0.1, 0.15) is 11.1 Å². The van der Waals surface area contributed by atoms with E-state index in [1.165, 1.54) is 19.4 Å². The van der Waals surface area contributed by atoms with Crippen molar-refractivity contribution in [2.75, 3.05) is 12.4 Å². The Balaban J connectivity index is 2.09. The molecule has 0 unspecified atom stereocenters. The molecular weight excluding hydrogens is 328 g/mol. The molecule has 9 heteroatoms. The number of phenols is 1. The number of carbonyl (C=O) groups excluding carboxylic acids is 1. The van der Waals surface area contributed by atoms with Gasteiger partial charge >= 0.3 is 11.7 Å². The summed E-state index contributed by atoms with van der Waals surface area (Å²) >= 11 is 0. The monoisotopic (exact) mass is 344 g/mol. The van der Waals surface area contributed by atoms with Crippen LogP contribution in [0.25, 0.3) is 0 Å². The van der Waals surface area contributed by atoms with Crippen molar-refractivity contribution in [1.29, 1.82) is 0 Å². The van der Waals surface area contributed by atoms with E-state index in [1.54, 1.807) is 12.1 Å². The van der Waals surface area contributed by atoms with Crippen molar-refractivity contribution in [1.82, 2.24) is 5.43 Å². The van der Waals surface area contributed by atoms with Crippen LogP contribution in [0.4, 0.5) is 16.2 Å². The summed E-state index contributed by atoms with van der Waals surface area (Å²) in [6.45, 7) is 1.85. The molecule has 3 N–H and O–H groups in total. The maximum atomic E-state index is 11.8. The van der Waals surface area contributed by atoms with Gasteiger partial charge < -0.3 is 15.2 Å². The van der Waals surface area contributed by atoms with Crippen LogP contribution in [-0.4, -0.2) is 29.4 Å². The molecule has 0 bridgehead atoms. The van der Waals surface area contributed by atoms with Crippen LogP contribution in [0, 0.1) is 17.0 Å². The third kappa shape index (κ3) is 4.44. The molecule has 0 aliphatic rings. The van der Waals surface area contributed by atoms with Gasteiger partial charge in [0.15, 0.2) is 5.75 Å². The van der Waals surface area contributed by atoms with E-state index in [1.807, 2.05) is 19.1 Å². The Labute approximate surface area is 143 Å². The fourth-order valence-corrected chi connectivity index (χ4v) is 2.01. The van der Waals surface area contributed by atoms with Gasteiger partial charge in [0.1, 0.15) is 0 Å². The second-order valence-corrected chi connectivity index (χ2v) is 4.99. The Morgan fingerprint density at radius 3 is 2.72 bits per heavy atom. The number of nitro benzene ring substituents is 1. The molecule has 0 aliphatic heterocycles. The van der Waals surface area contributed by atoms with Crippen molar-refractivity contribution >= 4 is 23.6 Å². The first kappa shape index (κ1) is 17.7. The number of carbonyl (C=O) groups is 1. The number of phenolic OH excluding ortho intramolecular Hbond substituents is 1. The number of urea groups is 1. The number of hydrazone groups is 1. The summed E-state index contributed by atoms with van der Waals surface area (Å²) in [5.41, 5.74) is 3.53. The number of methoxy groups -OCH3 is 1. The lowest BCUT2D eigenvalue weighted by molar-refractivity contribution is -0.386. The number of nitrogens with one attached hydrogen (secondary N) is 2. The first-order chi connectivity index (χ1) is 11.9. The number of ether oxygens (including phenoxy) is 1.